The average Bonchev–Trinajstić information content (AvgIpc) is 3.20. The van der Waals surface area contributed by atoms with E-state index in [1.54, 1.807) is 0 Å². The van der Waals surface area contributed by atoms with Gasteiger partial charge in [0.15, 0.2) is 5.82 Å². The molecule has 2 rings (SSSR count). The van der Waals surface area contributed by atoms with Gasteiger partial charge in [-0.15, -0.1) is 0 Å². The lowest BCUT2D eigenvalue weighted by atomic mass is 10.2. The van der Waals surface area contributed by atoms with Crippen LogP contribution in [0.5, 0.6) is 0 Å². The van der Waals surface area contributed by atoms with Gasteiger partial charge in [-0.05, 0) is 48.8 Å². The molecule has 1 aromatic heterocycles. The van der Waals surface area contributed by atoms with Crippen LogP contribution in [0.1, 0.15) is 50.5 Å². The van der Waals surface area contributed by atoms with Gasteiger partial charge in [0.05, 0.1) is 9.26 Å². The third-order valence-electron chi connectivity index (χ3n) is 2.86. The van der Waals surface area contributed by atoms with E-state index < -0.39 is 0 Å². The molecule has 0 saturated heterocycles. The number of hydrogen-bond acceptors (Lipinski definition) is 4. The van der Waals surface area contributed by atoms with Crippen LogP contribution >= 0.6 is 22.6 Å². The fourth-order valence-electron chi connectivity index (χ4n) is 1.76. The molecule has 1 heterocycles. The fourth-order valence-corrected chi connectivity index (χ4v) is 2.63. The molecule has 1 aliphatic rings. The van der Waals surface area contributed by atoms with Crippen molar-refractivity contribution in [1.82, 2.24) is 9.97 Å². The topological polar surface area (TPSA) is 47.0 Å². The predicted octanol–water partition coefficient (Wildman–Crippen LogP) is 3.32. The van der Waals surface area contributed by atoms with Crippen LogP contribution in [0, 0.1) is 3.57 Å². The number of rotatable bonds is 7. The minimum atomic E-state index is 0.508. The van der Waals surface area contributed by atoms with E-state index >= 15 is 0 Å². The Kier molecular flexibility index (Phi) is 5.17. The van der Waals surface area contributed by atoms with Crippen molar-refractivity contribution >= 4 is 28.4 Å². The van der Waals surface area contributed by atoms with Gasteiger partial charge in [-0.3, -0.25) is 0 Å². The van der Waals surface area contributed by atoms with Crippen molar-refractivity contribution < 1.29 is 4.74 Å². The molecule has 0 unspecified atom stereocenters. The van der Waals surface area contributed by atoms with E-state index in [4.69, 9.17) is 4.74 Å². The first-order valence-corrected chi connectivity index (χ1v) is 7.72. The lowest BCUT2D eigenvalue weighted by Crippen LogP contribution is -2.11. The summed E-state index contributed by atoms with van der Waals surface area (Å²) in [6, 6.07) is 0. The van der Waals surface area contributed by atoms with Gasteiger partial charge >= 0.3 is 0 Å². The van der Waals surface area contributed by atoms with E-state index in [-0.39, 0.29) is 0 Å². The number of hydrogen-bond donors (Lipinski definition) is 1. The van der Waals surface area contributed by atoms with E-state index in [9.17, 15) is 0 Å². The molecule has 1 aliphatic carbocycles. The monoisotopic (exact) mass is 361 g/mol. The number of nitrogens with one attached hydrogen (secondary N) is 1. The summed E-state index contributed by atoms with van der Waals surface area (Å²) in [5.74, 6) is 2.42. The molecular weight excluding hydrogens is 341 g/mol. The molecule has 5 heteroatoms. The maximum Gasteiger partial charge on any atom is 0.156 e. The summed E-state index contributed by atoms with van der Waals surface area (Å²) in [4.78, 5) is 9.22. The quantitative estimate of drug-likeness (QED) is 0.757. The van der Waals surface area contributed by atoms with E-state index in [1.807, 2.05) is 6.92 Å². The average molecular weight is 361 g/mol. The van der Waals surface area contributed by atoms with Gasteiger partial charge in [-0.2, -0.15) is 0 Å². The van der Waals surface area contributed by atoms with Crippen molar-refractivity contribution in [2.45, 2.75) is 45.6 Å². The van der Waals surface area contributed by atoms with Crippen LogP contribution in [0.4, 0.5) is 5.82 Å². The van der Waals surface area contributed by atoms with Crippen LogP contribution in [0.3, 0.4) is 0 Å². The molecule has 18 heavy (non-hydrogen) atoms. The Morgan fingerprint density at radius 1 is 1.33 bits per heavy atom. The molecule has 0 spiro atoms. The largest absolute Gasteiger partial charge is 0.374 e. The zero-order valence-electron chi connectivity index (χ0n) is 11.0. The summed E-state index contributed by atoms with van der Waals surface area (Å²) in [5, 5.41) is 3.39. The summed E-state index contributed by atoms with van der Waals surface area (Å²) in [5.41, 5.74) is 1.21. The van der Waals surface area contributed by atoms with Crippen molar-refractivity contribution in [1.29, 1.82) is 0 Å². The Balaban J connectivity index is 2.22. The van der Waals surface area contributed by atoms with Crippen LogP contribution in [-0.4, -0.2) is 23.1 Å². The van der Waals surface area contributed by atoms with Gasteiger partial charge in [-0.25, -0.2) is 9.97 Å². The maximum atomic E-state index is 5.42. The maximum absolute atomic E-state index is 5.42. The van der Waals surface area contributed by atoms with Gasteiger partial charge < -0.3 is 10.1 Å². The van der Waals surface area contributed by atoms with Crippen molar-refractivity contribution in [2.24, 2.45) is 0 Å². The molecule has 1 aromatic rings. The van der Waals surface area contributed by atoms with Gasteiger partial charge in [-0.1, -0.05) is 6.92 Å². The zero-order chi connectivity index (χ0) is 13.0. The second-order valence-corrected chi connectivity index (χ2v) is 5.60. The highest BCUT2D eigenvalue weighted by atomic mass is 127. The smallest absolute Gasteiger partial charge is 0.156 e. The highest BCUT2D eigenvalue weighted by molar-refractivity contribution is 14.1. The Hall–Kier alpha value is -0.430. The van der Waals surface area contributed by atoms with Crippen molar-refractivity contribution in [2.75, 3.05) is 18.5 Å². The molecule has 1 fully saturated rings. The molecule has 0 atom stereocenters. The fraction of sp³-hybridized carbons (Fsp3) is 0.692. The Labute approximate surface area is 122 Å². The summed E-state index contributed by atoms with van der Waals surface area (Å²) < 4.78 is 6.60. The third-order valence-corrected chi connectivity index (χ3v) is 3.93. The SMILES string of the molecule is CCCNc1nc(COCC)nc(C2CC2)c1I. The molecule has 0 amide bonds. The number of aromatic nitrogens is 2. The van der Waals surface area contributed by atoms with Crippen LogP contribution in [0.15, 0.2) is 0 Å². The van der Waals surface area contributed by atoms with Crippen molar-refractivity contribution in [3.63, 3.8) is 0 Å². The van der Waals surface area contributed by atoms with Crippen LogP contribution in [0.2, 0.25) is 0 Å². The van der Waals surface area contributed by atoms with E-state index in [2.05, 4.69) is 44.8 Å². The predicted molar refractivity (Wildman–Crippen MR) is 80.8 cm³/mol. The van der Waals surface area contributed by atoms with Crippen LogP contribution < -0.4 is 5.32 Å². The highest BCUT2D eigenvalue weighted by Gasteiger charge is 2.29. The number of halogens is 1. The van der Waals surface area contributed by atoms with Crippen LogP contribution in [-0.2, 0) is 11.3 Å². The molecule has 0 aliphatic heterocycles. The van der Waals surface area contributed by atoms with Crippen molar-refractivity contribution in [3.05, 3.63) is 15.1 Å². The second-order valence-electron chi connectivity index (χ2n) is 4.53. The summed E-state index contributed by atoms with van der Waals surface area (Å²) in [6.07, 6.45) is 3.61. The normalized spacial score (nSPS) is 14.8. The first kappa shape index (κ1) is 14.0. The second kappa shape index (κ2) is 6.65. The summed E-state index contributed by atoms with van der Waals surface area (Å²) in [6.45, 7) is 6.31. The number of nitrogens with zero attached hydrogens (tertiary/aromatic N) is 2. The number of ether oxygens (including phenoxy) is 1. The highest BCUT2D eigenvalue weighted by Crippen LogP contribution is 2.42. The summed E-state index contributed by atoms with van der Waals surface area (Å²) >= 11 is 2.36. The van der Waals surface area contributed by atoms with E-state index in [0.29, 0.717) is 19.1 Å². The Morgan fingerprint density at radius 2 is 2.11 bits per heavy atom. The summed E-state index contributed by atoms with van der Waals surface area (Å²) in [7, 11) is 0. The molecule has 0 bridgehead atoms. The molecule has 0 radical (unpaired) electrons. The lowest BCUT2D eigenvalue weighted by molar-refractivity contribution is 0.128. The van der Waals surface area contributed by atoms with E-state index in [0.717, 1.165) is 24.6 Å². The molecule has 1 saturated carbocycles. The minimum absolute atomic E-state index is 0.508. The Bertz CT molecular complexity index is 407. The van der Waals surface area contributed by atoms with Gasteiger partial charge in [0.1, 0.15) is 12.4 Å². The zero-order valence-corrected chi connectivity index (χ0v) is 13.2. The van der Waals surface area contributed by atoms with E-state index in [1.165, 1.54) is 22.1 Å². The standard InChI is InChI=1S/C13H20IN3O/c1-3-7-15-13-11(14)12(9-5-6-9)16-10(17-13)8-18-4-2/h9H,3-8H2,1-2H3,(H,15,16,17). The molecule has 100 valence electrons. The minimum Gasteiger partial charge on any atom is -0.374 e. The van der Waals surface area contributed by atoms with Gasteiger partial charge in [0.25, 0.3) is 0 Å². The van der Waals surface area contributed by atoms with Gasteiger partial charge in [0.2, 0.25) is 0 Å². The van der Waals surface area contributed by atoms with Crippen LogP contribution in [0.25, 0.3) is 0 Å². The molecular formula is C13H20IN3O. The molecule has 4 nitrogen and oxygen atoms in total. The third kappa shape index (κ3) is 3.54. The van der Waals surface area contributed by atoms with Gasteiger partial charge in [0, 0.05) is 19.1 Å². The molecule has 1 N–H and O–H groups in total. The first-order chi connectivity index (χ1) is 8.76. The Morgan fingerprint density at radius 3 is 2.72 bits per heavy atom. The molecule has 0 aromatic carbocycles. The van der Waals surface area contributed by atoms with Crippen molar-refractivity contribution in [3.8, 4) is 0 Å². The first-order valence-electron chi connectivity index (χ1n) is 6.64. The lowest BCUT2D eigenvalue weighted by Gasteiger charge is -2.12. The number of anilines is 1.